The molecule has 1 atom stereocenters. The number of nitrogens with one attached hydrogen (secondary N) is 1. The molecule has 16 heavy (non-hydrogen) atoms. The topological polar surface area (TPSA) is 21.3 Å². The third-order valence-corrected chi connectivity index (χ3v) is 2.78. The van der Waals surface area contributed by atoms with Crippen LogP contribution in [0, 0.1) is 6.92 Å². The van der Waals surface area contributed by atoms with E-state index in [0.29, 0.717) is 6.04 Å². The van der Waals surface area contributed by atoms with Crippen LogP contribution in [-0.2, 0) is 6.54 Å². The monoisotopic (exact) mass is 221 g/mol. The van der Waals surface area contributed by atoms with E-state index in [2.05, 4.69) is 44.3 Å². The lowest BCUT2D eigenvalue weighted by molar-refractivity contribution is 0.334. The molecule has 0 amide bonds. The van der Waals surface area contributed by atoms with E-state index in [1.807, 2.05) is 6.92 Å². The summed E-state index contributed by atoms with van der Waals surface area (Å²) in [5, 5.41) is 3.49. The summed E-state index contributed by atoms with van der Waals surface area (Å²) in [7, 11) is 0. The van der Waals surface area contributed by atoms with Crippen molar-refractivity contribution < 1.29 is 4.74 Å². The molecule has 0 spiro atoms. The fourth-order valence-corrected chi connectivity index (χ4v) is 1.53. The number of hydrogen-bond acceptors (Lipinski definition) is 2. The van der Waals surface area contributed by atoms with E-state index < -0.39 is 0 Å². The second-order valence-corrected chi connectivity index (χ2v) is 4.23. The molecule has 0 aliphatic heterocycles. The number of ether oxygens (including phenoxy) is 1. The van der Waals surface area contributed by atoms with E-state index in [4.69, 9.17) is 4.74 Å². The van der Waals surface area contributed by atoms with Crippen molar-refractivity contribution in [2.24, 2.45) is 0 Å². The van der Waals surface area contributed by atoms with Crippen molar-refractivity contribution in [3.05, 3.63) is 29.3 Å². The number of aryl methyl sites for hydroxylation is 1. The van der Waals surface area contributed by atoms with Gasteiger partial charge in [0.05, 0.1) is 6.61 Å². The molecule has 0 fully saturated rings. The summed E-state index contributed by atoms with van der Waals surface area (Å²) in [4.78, 5) is 0. The highest BCUT2D eigenvalue weighted by Gasteiger charge is 2.05. The van der Waals surface area contributed by atoms with E-state index in [1.165, 1.54) is 11.1 Å². The van der Waals surface area contributed by atoms with Gasteiger partial charge >= 0.3 is 0 Å². The lowest BCUT2D eigenvalue weighted by atomic mass is 10.1. The summed E-state index contributed by atoms with van der Waals surface area (Å²) < 4.78 is 5.64. The predicted octanol–water partition coefficient (Wildman–Crippen LogP) is 3.28. The molecule has 1 aromatic carbocycles. The molecule has 1 unspecified atom stereocenters. The molecule has 2 nitrogen and oxygen atoms in total. The maximum atomic E-state index is 5.64. The Hall–Kier alpha value is -1.02. The van der Waals surface area contributed by atoms with Gasteiger partial charge in [-0.1, -0.05) is 19.1 Å². The Morgan fingerprint density at radius 1 is 1.31 bits per heavy atom. The smallest absolute Gasteiger partial charge is 0.124 e. The van der Waals surface area contributed by atoms with Crippen LogP contribution in [-0.4, -0.2) is 12.6 Å². The summed E-state index contributed by atoms with van der Waals surface area (Å²) in [5.41, 5.74) is 2.49. The van der Waals surface area contributed by atoms with Gasteiger partial charge in [-0.3, -0.25) is 0 Å². The zero-order chi connectivity index (χ0) is 12.0. The van der Waals surface area contributed by atoms with Crippen molar-refractivity contribution in [3.63, 3.8) is 0 Å². The van der Waals surface area contributed by atoms with Gasteiger partial charge in [0.2, 0.25) is 0 Å². The van der Waals surface area contributed by atoms with Gasteiger partial charge in [0.25, 0.3) is 0 Å². The highest BCUT2D eigenvalue weighted by Crippen LogP contribution is 2.20. The van der Waals surface area contributed by atoms with Crippen LogP contribution >= 0.6 is 0 Å². The van der Waals surface area contributed by atoms with Crippen LogP contribution in [0.25, 0.3) is 0 Å². The Balaban J connectivity index is 2.70. The minimum absolute atomic E-state index is 0.552. The molecule has 1 rings (SSSR count). The molecule has 0 heterocycles. The van der Waals surface area contributed by atoms with E-state index in [9.17, 15) is 0 Å². The lowest BCUT2D eigenvalue weighted by Gasteiger charge is -2.15. The van der Waals surface area contributed by atoms with Crippen molar-refractivity contribution in [2.45, 2.75) is 46.7 Å². The van der Waals surface area contributed by atoms with Gasteiger partial charge in [-0.05, 0) is 38.8 Å². The van der Waals surface area contributed by atoms with Crippen LogP contribution in [0.3, 0.4) is 0 Å². The van der Waals surface area contributed by atoms with E-state index in [1.54, 1.807) is 0 Å². The Bertz CT molecular complexity index is 323. The second-order valence-electron chi connectivity index (χ2n) is 4.23. The second kappa shape index (κ2) is 6.54. The van der Waals surface area contributed by atoms with Crippen molar-refractivity contribution >= 4 is 0 Å². The van der Waals surface area contributed by atoms with Gasteiger partial charge < -0.3 is 10.1 Å². The summed E-state index contributed by atoms with van der Waals surface area (Å²) in [6, 6.07) is 6.94. The van der Waals surface area contributed by atoms with Gasteiger partial charge in [0.1, 0.15) is 5.75 Å². The predicted molar refractivity (Wildman–Crippen MR) is 68.9 cm³/mol. The number of benzene rings is 1. The first-order valence-corrected chi connectivity index (χ1v) is 6.13. The van der Waals surface area contributed by atoms with Gasteiger partial charge in [-0.2, -0.15) is 0 Å². The number of hydrogen-bond donors (Lipinski definition) is 1. The lowest BCUT2D eigenvalue weighted by Crippen LogP contribution is -2.24. The molecule has 0 aliphatic rings. The van der Waals surface area contributed by atoms with Crippen molar-refractivity contribution in [3.8, 4) is 5.75 Å². The van der Waals surface area contributed by atoms with Gasteiger partial charge in [0, 0.05) is 18.2 Å². The standard InChI is InChI=1S/C14H23NO/c1-5-12(4)15-10-13-8-7-11(3)9-14(13)16-6-2/h7-9,12,15H,5-6,10H2,1-4H3. The van der Waals surface area contributed by atoms with Crippen molar-refractivity contribution in [2.75, 3.05) is 6.61 Å². The maximum Gasteiger partial charge on any atom is 0.124 e. The molecule has 0 bridgehead atoms. The van der Waals surface area contributed by atoms with Crippen molar-refractivity contribution in [1.29, 1.82) is 0 Å². The van der Waals surface area contributed by atoms with Crippen LogP contribution in [0.4, 0.5) is 0 Å². The Kier molecular flexibility index (Phi) is 5.33. The Morgan fingerprint density at radius 3 is 2.69 bits per heavy atom. The highest BCUT2D eigenvalue weighted by molar-refractivity contribution is 5.37. The van der Waals surface area contributed by atoms with Crippen LogP contribution < -0.4 is 10.1 Å². The molecule has 1 N–H and O–H groups in total. The summed E-state index contributed by atoms with van der Waals surface area (Å²) in [5.74, 6) is 1.01. The molecule has 0 aromatic heterocycles. The largest absolute Gasteiger partial charge is 0.494 e. The fraction of sp³-hybridized carbons (Fsp3) is 0.571. The maximum absolute atomic E-state index is 5.64. The quantitative estimate of drug-likeness (QED) is 0.796. The highest BCUT2D eigenvalue weighted by atomic mass is 16.5. The average molecular weight is 221 g/mol. The zero-order valence-electron chi connectivity index (χ0n) is 10.8. The fourth-order valence-electron chi connectivity index (χ4n) is 1.53. The summed E-state index contributed by atoms with van der Waals surface area (Å²) in [6.07, 6.45) is 1.15. The minimum atomic E-state index is 0.552. The van der Waals surface area contributed by atoms with Gasteiger partial charge in [-0.25, -0.2) is 0 Å². The first kappa shape index (κ1) is 13.0. The summed E-state index contributed by atoms with van der Waals surface area (Å²) >= 11 is 0. The van der Waals surface area contributed by atoms with Crippen LogP contribution in [0.15, 0.2) is 18.2 Å². The molecule has 0 saturated heterocycles. The molecule has 0 saturated carbocycles. The van der Waals surface area contributed by atoms with E-state index in [0.717, 1.165) is 25.3 Å². The van der Waals surface area contributed by atoms with Gasteiger partial charge in [0.15, 0.2) is 0 Å². The van der Waals surface area contributed by atoms with E-state index in [-0.39, 0.29) is 0 Å². The van der Waals surface area contributed by atoms with Crippen molar-refractivity contribution in [1.82, 2.24) is 5.32 Å². The van der Waals surface area contributed by atoms with E-state index >= 15 is 0 Å². The molecule has 0 aliphatic carbocycles. The first-order valence-electron chi connectivity index (χ1n) is 6.13. The third kappa shape index (κ3) is 3.86. The molecule has 1 aromatic rings. The zero-order valence-corrected chi connectivity index (χ0v) is 10.8. The Morgan fingerprint density at radius 2 is 2.06 bits per heavy atom. The summed E-state index contributed by atoms with van der Waals surface area (Å²) in [6.45, 7) is 10.1. The third-order valence-electron chi connectivity index (χ3n) is 2.78. The molecular weight excluding hydrogens is 198 g/mol. The molecule has 90 valence electrons. The molecule has 0 radical (unpaired) electrons. The number of rotatable bonds is 6. The van der Waals surface area contributed by atoms with Crippen LogP contribution in [0.5, 0.6) is 5.75 Å². The molecular formula is C14H23NO. The minimum Gasteiger partial charge on any atom is -0.494 e. The normalized spacial score (nSPS) is 12.5. The Labute approximate surface area is 99.0 Å². The van der Waals surface area contributed by atoms with Crippen LogP contribution in [0.1, 0.15) is 38.3 Å². The average Bonchev–Trinajstić information content (AvgIpc) is 2.28. The first-order chi connectivity index (χ1) is 7.67. The SMILES string of the molecule is CCOc1cc(C)ccc1CNC(C)CC. The molecule has 2 heteroatoms. The van der Waals surface area contributed by atoms with Crippen LogP contribution in [0.2, 0.25) is 0 Å². The van der Waals surface area contributed by atoms with Gasteiger partial charge in [-0.15, -0.1) is 0 Å².